The van der Waals surface area contributed by atoms with Crippen LogP contribution in [0.3, 0.4) is 0 Å². The Labute approximate surface area is 215 Å². The summed E-state index contributed by atoms with van der Waals surface area (Å²) in [5.74, 6) is 1.08. The molecule has 0 aliphatic carbocycles. The maximum Gasteiger partial charge on any atom is 0.282 e. The average Bonchev–Trinajstić information content (AvgIpc) is 3.42. The van der Waals surface area contributed by atoms with Crippen molar-refractivity contribution in [1.82, 2.24) is 10.1 Å². The first-order valence-electron chi connectivity index (χ1n) is 12.9. The molecule has 0 spiro atoms. The summed E-state index contributed by atoms with van der Waals surface area (Å²) in [5, 5.41) is 16.3. The fourth-order valence-corrected chi connectivity index (χ4v) is 5.95. The second-order valence-corrected chi connectivity index (χ2v) is 10.4. The molecule has 7 rings (SSSR count). The molecule has 3 aliphatic heterocycles. The fraction of sp³-hybridized carbons (Fsp3) is 0.333. The van der Waals surface area contributed by atoms with Crippen molar-refractivity contribution >= 4 is 0 Å². The van der Waals surface area contributed by atoms with E-state index in [1.807, 2.05) is 60.7 Å². The minimum absolute atomic E-state index is 0.139. The van der Waals surface area contributed by atoms with Crippen molar-refractivity contribution < 1.29 is 23.2 Å². The van der Waals surface area contributed by atoms with E-state index in [4.69, 9.17) is 14.2 Å². The molecule has 0 unspecified atom stereocenters. The van der Waals surface area contributed by atoms with Gasteiger partial charge in [0.1, 0.15) is 18.5 Å². The maximum absolute atomic E-state index is 13.3. The van der Waals surface area contributed by atoms with E-state index in [1.165, 1.54) is 12.1 Å². The summed E-state index contributed by atoms with van der Waals surface area (Å²) in [4.78, 5) is 4.75. The molecule has 190 valence electrons. The van der Waals surface area contributed by atoms with Gasteiger partial charge in [-0.05, 0) is 28.8 Å². The lowest BCUT2D eigenvalue weighted by molar-refractivity contribution is -0.959. The average molecular weight is 501 g/mol. The van der Waals surface area contributed by atoms with Crippen LogP contribution in [-0.4, -0.2) is 45.5 Å². The molecule has 3 saturated heterocycles. The summed E-state index contributed by atoms with van der Waals surface area (Å²) >= 11 is 0. The lowest BCUT2D eigenvalue weighted by atomic mass is 9.83. The first-order chi connectivity index (χ1) is 18.0. The second kappa shape index (κ2) is 9.82. The quantitative estimate of drug-likeness (QED) is 0.352. The minimum atomic E-state index is -1.51. The molecule has 1 aromatic heterocycles. The van der Waals surface area contributed by atoms with Crippen molar-refractivity contribution in [3.63, 3.8) is 0 Å². The van der Waals surface area contributed by atoms with E-state index >= 15 is 0 Å². The third-order valence-electron chi connectivity index (χ3n) is 8.06. The van der Waals surface area contributed by atoms with Crippen molar-refractivity contribution in [3.8, 4) is 0 Å². The van der Waals surface area contributed by atoms with Crippen LogP contribution in [0.2, 0.25) is 0 Å². The van der Waals surface area contributed by atoms with Crippen molar-refractivity contribution in [2.75, 3.05) is 19.6 Å². The van der Waals surface area contributed by atoms with E-state index in [0.717, 1.165) is 42.5 Å². The van der Waals surface area contributed by atoms with E-state index < -0.39 is 5.60 Å². The number of benzene rings is 3. The van der Waals surface area contributed by atoms with E-state index in [0.29, 0.717) is 36.1 Å². The SMILES string of the molecule is OC(c1ccccc1)(c1ccccc1)c1noc(C[N+]23CCC(CC2)[C@@H](OCc2ccc(F)cc2)C3)n1. The van der Waals surface area contributed by atoms with Gasteiger partial charge in [0.25, 0.3) is 5.89 Å². The van der Waals surface area contributed by atoms with Crippen LogP contribution in [0.4, 0.5) is 4.39 Å². The number of aromatic nitrogens is 2. The number of fused-ring (bicyclic) bond motifs is 3. The number of rotatable bonds is 8. The number of nitrogens with zero attached hydrogens (tertiary/aromatic N) is 3. The lowest BCUT2D eigenvalue weighted by Gasteiger charge is -2.51. The van der Waals surface area contributed by atoms with E-state index in [9.17, 15) is 9.50 Å². The Morgan fingerprint density at radius 1 is 0.919 bits per heavy atom. The zero-order valence-corrected chi connectivity index (χ0v) is 20.7. The predicted molar refractivity (Wildman–Crippen MR) is 136 cm³/mol. The molecule has 3 fully saturated rings. The number of aliphatic hydroxyl groups is 1. The Bertz CT molecular complexity index is 1280. The normalized spacial score (nSPS) is 23.3. The predicted octanol–water partition coefficient (Wildman–Crippen LogP) is 4.82. The Hall–Kier alpha value is -3.39. The number of halogens is 1. The van der Waals surface area contributed by atoms with Crippen LogP contribution >= 0.6 is 0 Å². The first-order valence-corrected chi connectivity index (χ1v) is 12.9. The highest BCUT2D eigenvalue weighted by atomic mass is 19.1. The van der Waals surface area contributed by atoms with Gasteiger partial charge < -0.3 is 18.8 Å². The summed E-state index contributed by atoms with van der Waals surface area (Å²) in [7, 11) is 0. The smallest absolute Gasteiger partial charge is 0.282 e. The molecule has 0 amide bonds. The van der Waals surface area contributed by atoms with E-state index in [-0.39, 0.29) is 17.7 Å². The number of hydrogen-bond donors (Lipinski definition) is 1. The number of ether oxygens (including phenoxy) is 1. The summed E-state index contributed by atoms with van der Waals surface area (Å²) in [6.07, 6.45) is 2.32. The van der Waals surface area contributed by atoms with Crippen molar-refractivity contribution in [1.29, 1.82) is 0 Å². The van der Waals surface area contributed by atoms with Crippen molar-refractivity contribution in [3.05, 3.63) is 119 Å². The highest BCUT2D eigenvalue weighted by Crippen LogP contribution is 2.38. The van der Waals surface area contributed by atoms with Gasteiger partial charge in [0, 0.05) is 18.8 Å². The third-order valence-corrected chi connectivity index (χ3v) is 8.06. The molecule has 4 aromatic rings. The molecular weight excluding hydrogens is 469 g/mol. The molecule has 1 atom stereocenters. The molecule has 4 heterocycles. The fourth-order valence-electron chi connectivity index (χ4n) is 5.95. The lowest BCUT2D eigenvalue weighted by Crippen LogP contribution is -2.63. The molecule has 2 bridgehead atoms. The standard InChI is InChI=1S/C30H31FN3O3/c31-26-13-11-22(12-14-26)21-36-27-19-34(17-15-23(27)16-18-34)20-28-32-29(33-37-28)30(35,24-7-3-1-4-8-24)25-9-5-2-6-10-25/h1-14,23,27,35H,15-21H2/q+1/t23?,27-,34?/m0/s1. The first kappa shape index (κ1) is 24.0. The molecule has 0 radical (unpaired) electrons. The summed E-state index contributed by atoms with van der Waals surface area (Å²) in [6, 6.07) is 25.4. The molecule has 0 saturated carbocycles. The van der Waals surface area contributed by atoms with Crippen LogP contribution in [0.1, 0.15) is 41.2 Å². The monoisotopic (exact) mass is 500 g/mol. The zero-order valence-electron chi connectivity index (χ0n) is 20.7. The van der Waals surface area contributed by atoms with Gasteiger partial charge in [-0.15, -0.1) is 0 Å². The van der Waals surface area contributed by atoms with Gasteiger partial charge in [-0.1, -0.05) is 78.0 Å². The summed E-state index contributed by atoms with van der Waals surface area (Å²) in [5.41, 5.74) is 0.842. The van der Waals surface area contributed by atoms with Gasteiger partial charge >= 0.3 is 0 Å². The maximum atomic E-state index is 13.3. The second-order valence-electron chi connectivity index (χ2n) is 10.4. The van der Waals surface area contributed by atoms with E-state index in [2.05, 4.69) is 5.16 Å². The van der Waals surface area contributed by atoms with Crippen LogP contribution in [-0.2, 0) is 23.5 Å². The van der Waals surface area contributed by atoms with Crippen molar-refractivity contribution in [2.45, 2.75) is 37.7 Å². The topological polar surface area (TPSA) is 68.4 Å². The number of hydrogen-bond acceptors (Lipinski definition) is 5. The largest absolute Gasteiger partial charge is 0.373 e. The number of quaternary nitrogens is 1. The molecular formula is C30H31FN3O3+. The molecule has 37 heavy (non-hydrogen) atoms. The molecule has 3 aliphatic rings. The summed E-state index contributed by atoms with van der Waals surface area (Å²) in [6.45, 7) is 4.05. The van der Waals surface area contributed by atoms with Gasteiger partial charge in [0.2, 0.25) is 5.82 Å². The van der Waals surface area contributed by atoms with Crippen molar-refractivity contribution in [2.24, 2.45) is 5.92 Å². The molecule has 3 aromatic carbocycles. The minimum Gasteiger partial charge on any atom is -0.373 e. The highest BCUT2D eigenvalue weighted by molar-refractivity contribution is 5.42. The Kier molecular flexibility index (Phi) is 6.36. The number of piperidine rings is 3. The van der Waals surface area contributed by atoms with Crippen LogP contribution in [0.15, 0.2) is 89.5 Å². The Balaban J connectivity index is 1.21. The van der Waals surface area contributed by atoms with E-state index in [1.54, 1.807) is 12.1 Å². The van der Waals surface area contributed by atoms with Gasteiger partial charge in [0.05, 0.1) is 19.7 Å². The van der Waals surface area contributed by atoms with Gasteiger partial charge in [-0.25, -0.2) is 4.39 Å². The molecule has 6 nitrogen and oxygen atoms in total. The zero-order chi connectivity index (χ0) is 25.3. The summed E-state index contributed by atoms with van der Waals surface area (Å²) < 4.78 is 26.2. The van der Waals surface area contributed by atoms with Crippen LogP contribution in [0.25, 0.3) is 0 Å². The van der Waals surface area contributed by atoms with Gasteiger partial charge in [-0.2, -0.15) is 4.98 Å². The third kappa shape index (κ3) is 4.70. The van der Waals surface area contributed by atoms with Crippen LogP contribution in [0, 0.1) is 11.7 Å². The highest BCUT2D eigenvalue weighted by Gasteiger charge is 2.48. The Morgan fingerprint density at radius 3 is 2.16 bits per heavy atom. The van der Waals surface area contributed by atoms with Gasteiger partial charge in [-0.3, -0.25) is 0 Å². The van der Waals surface area contributed by atoms with Crippen LogP contribution < -0.4 is 0 Å². The Morgan fingerprint density at radius 2 is 1.54 bits per heavy atom. The molecule has 1 N–H and O–H groups in total. The van der Waals surface area contributed by atoms with Crippen LogP contribution in [0.5, 0.6) is 0 Å². The molecule has 7 heteroatoms. The van der Waals surface area contributed by atoms with Gasteiger partial charge in [0.15, 0.2) is 12.1 Å².